The van der Waals surface area contributed by atoms with E-state index in [0.29, 0.717) is 10.1 Å². The molecular weight excluding hydrogens is 526 g/mol. The van der Waals surface area contributed by atoms with Gasteiger partial charge in [0.15, 0.2) is 5.11 Å². The Morgan fingerprint density at radius 1 is 0.872 bits per heavy atom. The molecule has 7 heteroatoms. The van der Waals surface area contributed by atoms with Crippen molar-refractivity contribution in [2.24, 2.45) is 0 Å². The molecule has 0 saturated carbocycles. The van der Waals surface area contributed by atoms with Crippen LogP contribution in [-0.4, -0.2) is 10.1 Å². The van der Waals surface area contributed by atoms with Crippen LogP contribution < -0.4 is 15.0 Å². The van der Waals surface area contributed by atoms with Gasteiger partial charge in [-0.1, -0.05) is 47.5 Å². The largest absolute Gasteiger partial charge is 0.459 e. The molecule has 0 radical (unpaired) electrons. The Bertz CT molecular complexity index is 1620. The van der Waals surface area contributed by atoms with Gasteiger partial charge in [-0.05, 0) is 98.4 Å². The first-order valence-electron chi connectivity index (χ1n) is 12.7. The number of hydrogen-bond donors (Lipinski definition) is 1. The van der Waals surface area contributed by atoms with Gasteiger partial charge in [0.1, 0.15) is 29.1 Å². The van der Waals surface area contributed by atoms with E-state index < -0.39 is 0 Å². The Labute approximate surface area is 238 Å². The summed E-state index contributed by atoms with van der Waals surface area (Å²) in [5, 5.41) is 4.78. The lowest BCUT2D eigenvalue weighted by atomic mass is 10.0. The molecule has 39 heavy (non-hydrogen) atoms. The molecule has 6 rings (SSSR count). The van der Waals surface area contributed by atoms with Crippen molar-refractivity contribution in [3.05, 3.63) is 131 Å². The maximum Gasteiger partial charge on any atom is 0.174 e. The lowest BCUT2D eigenvalue weighted by Gasteiger charge is -2.26. The number of nitrogens with one attached hydrogen (secondary N) is 1. The molecular formula is C32H26ClN3O2S. The van der Waals surface area contributed by atoms with Gasteiger partial charge in [-0.2, -0.15) is 0 Å². The summed E-state index contributed by atoms with van der Waals surface area (Å²) in [6, 6.07) is 31.2. The third kappa shape index (κ3) is 5.01. The molecule has 1 saturated heterocycles. The van der Waals surface area contributed by atoms with Gasteiger partial charge in [-0.25, -0.2) is 0 Å². The summed E-state index contributed by atoms with van der Waals surface area (Å²) >= 11 is 12.3. The third-order valence-corrected chi connectivity index (χ3v) is 7.65. The number of aromatic nitrogens is 1. The standard InChI is InChI=1S/C32H26ClN3O2S/c1-20-9-13-23(14-10-20)37-24-15-11-22(12-16-24)36-31(30(35-32(36)39)27-8-3-4-19-34-27)29-18-17-28(38-29)25-6-5-7-26(33)21(25)2/h3-19,30-31H,1-2H3,(H,35,39)/t30-,31-/m0/s1. The number of thiocarbonyl (C=S) groups is 1. The van der Waals surface area contributed by atoms with E-state index in [1.54, 1.807) is 6.20 Å². The number of pyridine rings is 1. The number of nitrogens with zero attached hydrogens (tertiary/aromatic N) is 2. The van der Waals surface area contributed by atoms with E-state index >= 15 is 0 Å². The summed E-state index contributed by atoms with van der Waals surface area (Å²) in [4.78, 5) is 6.71. The molecule has 1 aliphatic rings. The highest BCUT2D eigenvalue weighted by Gasteiger charge is 2.42. The highest BCUT2D eigenvalue weighted by Crippen LogP contribution is 2.43. The molecule has 5 aromatic rings. The fourth-order valence-corrected chi connectivity index (χ4v) is 5.39. The minimum atomic E-state index is -0.260. The minimum absolute atomic E-state index is 0.207. The summed E-state index contributed by atoms with van der Waals surface area (Å²) in [6.07, 6.45) is 1.79. The molecule has 0 bridgehead atoms. The molecule has 1 N–H and O–H groups in total. The van der Waals surface area contributed by atoms with Gasteiger partial charge in [-0.3, -0.25) is 4.98 Å². The summed E-state index contributed by atoms with van der Waals surface area (Å²) in [7, 11) is 0. The van der Waals surface area contributed by atoms with Crippen molar-refractivity contribution in [1.82, 2.24) is 10.3 Å². The molecule has 3 aromatic carbocycles. The van der Waals surface area contributed by atoms with Crippen molar-refractivity contribution in [2.75, 3.05) is 4.90 Å². The Morgan fingerprint density at radius 2 is 1.62 bits per heavy atom. The lowest BCUT2D eigenvalue weighted by molar-refractivity contribution is 0.439. The van der Waals surface area contributed by atoms with Crippen LogP contribution in [0.1, 0.15) is 34.7 Å². The molecule has 194 valence electrons. The molecule has 1 aliphatic heterocycles. The first-order valence-corrected chi connectivity index (χ1v) is 13.5. The maximum atomic E-state index is 6.50. The van der Waals surface area contributed by atoms with Crippen molar-refractivity contribution in [2.45, 2.75) is 25.9 Å². The van der Waals surface area contributed by atoms with Crippen LogP contribution in [0.2, 0.25) is 5.02 Å². The third-order valence-electron chi connectivity index (χ3n) is 6.92. The first-order chi connectivity index (χ1) is 19.0. The number of furan rings is 1. The highest BCUT2D eigenvalue weighted by atomic mass is 35.5. The Kier molecular flexibility index (Phi) is 6.81. The highest BCUT2D eigenvalue weighted by molar-refractivity contribution is 7.80. The van der Waals surface area contributed by atoms with Crippen LogP contribution in [-0.2, 0) is 0 Å². The SMILES string of the molecule is Cc1ccc(Oc2ccc(N3C(=S)N[C@@H](c4ccccn4)[C@@H]3c3ccc(-c4cccc(Cl)c4C)o3)cc2)cc1. The molecule has 0 unspecified atom stereocenters. The average Bonchev–Trinajstić information content (AvgIpc) is 3.57. The molecule has 5 nitrogen and oxygen atoms in total. The summed E-state index contributed by atoms with van der Waals surface area (Å²) in [5.41, 5.74) is 4.92. The van der Waals surface area contributed by atoms with Crippen LogP contribution in [0.4, 0.5) is 5.69 Å². The van der Waals surface area contributed by atoms with Crippen LogP contribution in [0, 0.1) is 13.8 Å². The van der Waals surface area contributed by atoms with Gasteiger partial charge in [-0.15, -0.1) is 0 Å². The van der Waals surface area contributed by atoms with Crippen molar-refractivity contribution < 1.29 is 9.15 Å². The van der Waals surface area contributed by atoms with Gasteiger partial charge < -0.3 is 19.4 Å². The number of aryl methyl sites for hydroxylation is 1. The Morgan fingerprint density at radius 3 is 2.33 bits per heavy atom. The van der Waals surface area contributed by atoms with E-state index in [-0.39, 0.29) is 12.1 Å². The summed E-state index contributed by atoms with van der Waals surface area (Å²) in [6.45, 7) is 4.05. The number of rotatable bonds is 6. The molecule has 2 atom stereocenters. The molecule has 1 fully saturated rings. The van der Waals surface area contributed by atoms with E-state index in [4.69, 9.17) is 33.0 Å². The Hall–Kier alpha value is -4.13. The quantitative estimate of drug-likeness (QED) is 0.213. The van der Waals surface area contributed by atoms with Gasteiger partial charge in [0.05, 0.1) is 11.7 Å². The van der Waals surface area contributed by atoms with Crippen LogP contribution >= 0.6 is 23.8 Å². The zero-order chi connectivity index (χ0) is 26.9. The molecule has 0 spiro atoms. The zero-order valence-electron chi connectivity index (χ0n) is 21.5. The summed E-state index contributed by atoms with van der Waals surface area (Å²) < 4.78 is 12.5. The topological polar surface area (TPSA) is 50.5 Å². The van der Waals surface area contributed by atoms with E-state index in [1.807, 2.05) is 104 Å². The van der Waals surface area contributed by atoms with Gasteiger partial charge in [0, 0.05) is 22.5 Å². The van der Waals surface area contributed by atoms with Crippen LogP contribution in [0.5, 0.6) is 11.5 Å². The Balaban J connectivity index is 1.36. The maximum absolute atomic E-state index is 6.50. The summed E-state index contributed by atoms with van der Waals surface area (Å²) in [5.74, 6) is 3.06. The van der Waals surface area contributed by atoms with Crippen molar-refractivity contribution in [3.63, 3.8) is 0 Å². The minimum Gasteiger partial charge on any atom is -0.459 e. The van der Waals surface area contributed by atoms with Crippen LogP contribution in [0.15, 0.2) is 108 Å². The smallest absolute Gasteiger partial charge is 0.174 e. The van der Waals surface area contributed by atoms with Crippen LogP contribution in [0.3, 0.4) is 0 Å². The number of benzene rings is 3. The van der Waals surface area contributed by atoms with E-state index in [2.05, 4.69) is 22.1 Å². The second-order valence-corrected chi connectivity index (χ2v) is 10.3. The average molecular weight is 552 g/mol. The van der Waals surface area contributed by atoms with Gasteiger partial charge >= 0.3 is 0 Å². The predicted molar refractivity (Wildman–Crippen MR) is 160 cm³/mol. The van der Waals surface area contributed by atoms with E-state index in [0.717, 1.165) is 45.5 Å². The van der Waals surface area contributed by atoms with Crippen molar-refractivity contribution in [1.29, 1.82) is 0 Å². The number of anilines is 1. The van der Waals surface area contributed by atoms with Crippen LogP contribution in [0.25, 0.3) is 11.3 Å². The monoisotopic (exact) mass is 551 g/mol. The molecule has 2 aromatic heterocycles. The van der Waals surface area contributed by atoms with Gasteiger partial charge in [0.25, 0.3) is 0 Å². The molecule has 0 aliphatic carbocycles. The van der Waals surface area contributed by atoms with Crippen molar-refractivity contribution >= 4 is 34.6 Å². The number of hydrogen-bond acceptors (Lipinski definition) is 4. The predicted octanol–water partition coefficient (Wildman–Crippen LogP) is 8.58. The first kappa shape index (κ1) is 25.2. The van der Waals surface area contributed by atoms with E-state index in [9.17, 15) is 0 Å². The number of ether oxygens (including phenoxy) is 1. The fraction of sp³-hybridized carbons (Fsp3) is 0.125. The van der Waals surface area contributed by atoms with Gasteiger partial charge in [0.2, 0.25) is 0 Å². The normalized spacial score (nSPS) is 16.8. The fourth-order valence-electron chi connectivity index (χ4n) is 4.87. The molecule has 3 heterocycles. The number of halogens is 1. The molecule has 0 amide bonds. The van der Waals surface area contributed by atoms with Crippen molar-refractivity contribution in [3.8, 4) is 22.8 Å². The second-order valence-electron chi connectivity index (χ2n) is 9.52. The lowest BCUT2D eigenvalue weighted by Crippen LogP contribution is -2.29. The van der Waals surface area contributed by atoms with E-state index in [1.165, 1.54) is 5.56 Å². The second kappa shape index (κ2) is 10.6. The zero-order valence-corrected chi connectivity index (χ0v) is 23.0.